The molecule has 232 valence electrons. The van der Waals surface area contributed by atoms with Gasteiger partial charge >= 0.3 is 0 Å². The molecule has 10 rings (SSSR count). The van der Waals surface area contributed by atoms with Gasteiger partial charge in [0, 0.05) is 44.6 Å². The Morgan fingerprint density at radius 2 is 0.900 bits per heavy atom. The van der Waals surface area contributed by atoms with E-state index in [4.69, 9.17) is 24.9 Å². The summed E-state index contributed by atoms with van der Waals surface area (Å²) in [6.45, 7) is 0. The second-order valence-corrected chi connectivity index (χ2v) is 12.6. The smallest absolute Gasteiger partial charge is 0.164 e. The van der Waals surface area contributed by atoms with Crippen LogP contribution in [0.4, 0.5) is 0 Å². The van der Waals surface area contributed by atoms with Gasteiger partial charge in [0.25, 0.3) is 0 Å². The second kappa shape index (κ2) is 11.4. The van der Waals surface area contributed by atoms with Crippen LogP contribution in [-0.4, -0.2) is 24.9 Å². The van der Waals surface area contributed by atoms with Crippen molar-refractivity contribution in [3.8, 4) is 45.3 Å². The molecule has 10 aromatic rings. The van der Waals surface area contributed by atoms with E-state index < -0.39 is 0 Å². The lowest BCUT2D eigenvalue weighted by Crippen LogP contribution is -2.00. The molecular weight excluding hydrogens is 611 g/mol. The van der Waals surface area contributed by atoms with Crippen LogP contribution < -0.4 is 0 Å². The number of fused-ring (bicyclic) bond motifs is 6. The first-order valence-electron chi connectivity index (χ1n) is 16.7. The molecule has 0 unspecified atom stereocenters. The molecule has 0 amide bonds. The predicted octanol–water partition coefficient (Wildman–Crippen LogP) is 11.1. The predicted molar refractivity (Wildman–Crippen MR) is 205 cm³/mol. The molecule has 0 bridgehead atoms. The average molecular weight is 638 g/mol. The standard InChI is InChI=1S/C45H27N5/c1-3-10-29(11-4-1)43-48-44(30-12-5-2-6-13-30)50-45(49-43)34-20-18-32-24-35-26-33(19-17-31(35)25-36(32)27-34)40-37-15-7-8-16-39(37)47-42-38(40)22-21-28-14-9-23-46-41(28)42/h1-27H. The molecule has 0 aliphatic heterocycles. The van der Waals surface area contributed by atoms with Crippen molar-refractivity contribution in [2.45, 2.75) is 0 Å². The van der Waals surface area contributed by atoms with Gasteiger partial charge in [-0.25, -0.2) is 19.9 Å². The van der Waals surface area contributed by atoms with Crippen LogP contribution in [0.2, 0.25) is 0 Å². The molecule has 0 spiro atoms. The molecule has 0 saturated carbocycles. The van der Waals surface area contributed by atoms with E-state index in [1.165, 1.54) is 16.3 Å². The lowest BCUT2D eigenvalue weighted by Gasteiger charge is -2.14. The first-order valence-corrected chi connectivity index (χ1v) is 16.7. The lowest BCUT2D eigenvalue weighted by atomic mass is 9.93. The minimum absolute atomic E-state index is 0.647. The fraction of sp³-hybridized carbons (Fsp3) is 0. The summed E-state index contributed by atoms with van der Waals surface area (Å²) >= 11 is 0. The fourth-order valence-corrected chi connectivity index (χ4v) is 7.03. The first kappa shape index (κ1) is 28.2. The minimum atomic E-state index is 0.647. The minimum Gasteiger partial charge on any atom is -0.254 e. The zero-order valence-corrected chi connectivity index (χ0v) is 26.8. The van der Waals surface area contributed by atoms with Gasteiger partial charge in [0.05, 0.1) is 16.6 Å². The highest BCUT2D eigenvalue weighted by Crippen LogP contribution is 2.39. The molecule has 50 heavy (non-hydrogen) atoms. The van der Waals surface area contributed by atoms with Crippen molar-refractivity contribution in [1.82, 2.24) is 24.9 Å². The maximum Gasteiger partial charge on any atom is 0.164 e. The van der Waals surface area contributed by atoms with Crippen molar-refractivity contribution < 1.29 is 0 Å². The van der Waals surface area contributed by atoms with Gasteiger partial charge in [-0.2, -0.15) is 0 Å². The molecule has 0 aliphatic rings. The Hall–Kier alpha value is -6.85. The summed E-state index contributed by atoms with van der Waals surface area (Å²) in [7, 11) is 0. The van der Waals surface area contributed by atoms with E-state index in [0.717, 1.165) is 65.7 Å². The summed E-state index contributed by atoms with van der Waals surface area (Å²) in [5.74, 6) is 1.95. The summed E-state index contributed by atoms with van der Waals surface area (Å²) < 4.78 is 0. The number of rotatable bonds is 4. The Kier molecular flexibility index (Phi) is 6.42. The van der Waals surface area contributed by atoms with E-state index in [-0.39, 0.29) is 0 Å². The highest BCUT2D eigenvalue weighted by atomic mass is 15.0. The number of aromatic nitrogens is 5. The van der Waals surface area contributed by atoms with E-state index in [9.17, 15) is 0 Å². The number of hydrogen-bond acceptors (Lipinski definition) is 5. The first-order chi connectivity index (χ1) is 24.7. The number of hydrogen-bond donors (Lipinski definition) is 0. The average Bonchev–Trinajstić information content (AvgIpc) is 3.19. The maximum atomic E-state index is 5.10. The third-order valence-corrected chi connectivity index (χ3v) is 9.46. The number of benzene rings is 7. The number of nitrogens with zero attached hydrogens (tertiary/aromatic N) is 5. The quantitative estimate of drug-likeness (QED) is 0.142. The van der Waals surface area contributed by atoms with Gasteiger partial charge in [-0.15, -0.1) is 0 Å². The van der Waals surface area contributed by atoms with Gasteiger partial charge in [-0.1, -0.05) is 121 Å². The maximum absolute atomic E-state index is 5.10. The molecule has 0 fully saturated rings. The van der Waals surface area contributed by atoms with Crippen LogP contribution in [0.1, 0.15) is 0 Å². The van der Waals surface area contributed by atoms with Crippen molar-refractivity contribution >= 4 is 54.3 Å². The van der Waals surface area contributed by atoms with Gasteiger partial charge < -0.3 is 0 Å². The molecule has 3 aromatic heterocycles. The van der Waals surface area contributed by atoms with Crippen molar-refractivity contribution in [1.29, 1.82) is 0 Å². The van der Waals surface area contributed by atoms with Gasteiger partial charge in [0.2, 0.25) is 0 Å². The van der Waals surface area contributed by atoms with Gasteiger partial charge in [-0.3, -0.25) is 4.98 Å². The molecule has 5 heteroatoms. The molecule has 3 heterocycles. The van der Waals surface area contributed by atoms with Crippen LogP contribution in [-0.2, 0) is 0 Å². The van der Waals surface area contributed by atoms with E-state index in [1.807, 2.05) is 79.0 Å². The molecule has 7 aromatic carbocycles. The molecule has 0 radical (unpaired) electrons. The summed E-state index contributed by atoms with van der Waals surface area (Å²) in [4.78, 5) is 24.6. The molecule has 0 atom stereocenters. The summed E-state index contributed by atoms with van der Waals surface area (Å²) in [5.41, 5.74) is 7.99. The van der Waals surface area contributed by atoms with Crippen molar-refractivity contribution in [3.05, 3.63) is 164 Å². The van der Waals surface area contributed by atoms with E-state index in [0.29, 0.717) is 17.5 Å². The van der Waals surface area contributed by atoms with Crippen LogP contribution in [0, 0.1) is 0 Å². The second-order valence-electron chi connectivity index (χ2n) is 12.6. The highest BCUT2D eigenvalue weighted by Gasteiger charge is 2.16. The summed E-state index contributed by atoms with van der Waals surface area (Å²) in [6.07, 6.45) is 1.84. The normalized spacial score (nSPS) is 11.6. The van der Waals surface area contributed by atoms with Gasteiger partial charge in [0.15, 0.2) is 17.5 Å². The van der Waals surface area contributed by atoms with Crippen molar-refractivity contribution in [2.24, 2.45) is 0 Å². The summed E-state index contributed by atoms with van der Waals surface area (Å²) in [5, 5.41) is 7.93. The number of para-hydroxylation sites is 1. The molecule has 0 aliphatic carbocycles. The Morgan fingerprint density at radius 1 is 0.320 bits per heavy atom. The zero-order chi connectivity index (χ0) is 33.0. The van der Waals surface area contributed by atoms with Gasteiger partial charge in [0.1, 0.15) is 0 Å². The van der Waals surface area contributed by atoms with Crippen LogP contribution >= 0.6 is 0 Å². The monoisotopic (exact) mass is 637 g/mol. The van der Waals surface area contributed by atoms with E-state index in [2.05, 4.69) is 84.9 Å². The van der Waals surface area contributed by atoms with Crippen LogP contribution in [0.3, 0.4) is 0 Å². The van der Waals surface area contributed by atoms with E-state index in [1.54, 1.807) is 0 Å². The Bertz CT molecular complexity index is 2860. The fourth-order valence-electron chi connectivity index (χ4n) is 7.03. The largest absolute Gasteiger partial charge is 0.254 e. The Labute approximate surface area is 287 Å². The van der Waals surface area contributed by atoms with Gasteiger partial charge in [-0.05, 0) is 63.5 Å². The van der Waals surface area contributed by atoms with Crippen LogP contribution in [0.5, 0.6) is 0 Å². The van der Waals surface area contributed by atoms with Crippen molar-refractivity contribution in [3.63, 3.8) is 0 Å². The highest BCUT2D eigenvalue weighted by molar-refractivity contribution is 6.16. The van der Waals surface area contributed by atoms with E-state index >= 15 is 0 Å². The molecule has 0 N–H and O–H groups in total. The van der Waals surface area contributed by atoms with Crippen LogP contribution in [0.25, 0.3) is 99.5 Å². The van der Waals surface area contributed by atoms with Crippen molar-refractivity contribution in [2.75, 3.05) is 0 Å². The lowest BCUT2D eigenvalue weighted by molar-refractivity contribution is 1.07. The zero-order valence-electron chi connectivity index (χ0n) is 26.8. The van der Waals surface area contributed by atoms with Crippen LogP contribution in [0.15, 0.2) is 164 Å². The third kappa shape index (κ3) is 4.75. The molecular formula is C45H27N5. The summed E-state index contributed by atoms with van der Waals surface area (Å²) in [6, 6.07) is 54.7. The Morgan fingerprint density at radius 3 is 1.60 bits per heavy atom. The third-order valence-electron chi connectivity index (χ3n) is 9.46. The SMILES string of the molecule is c1ccc(-c2nc(-c3ccccc3)nc(-c3ccc4cc5cc(-c6c7ccccc7nc7c6ccc6cccnc67)ccc5cc4c3)n2)cc1. The number of pyridine rings is 2. The molecule has 0 saturated heterocycles. The Balaban J connectivity index is 1.12. The molecule has 5 nitrogen and oxygen atoms in total. The topological polar surface area (TPSA) is 64.5 Å².